The average molecular weight is 279 g/mol. The van der Waals surface area contributed by atoms with Gasteiger partial charge in [-0.1, -0.05) is 19.1 Å². The van der Waals surface area contributed by atoms with Crippen molar-refractivity contribution in [1.29, 1.82) is 0 Å². The fourth-order valence-corrected chi connectivity index (χ4v) is 2.51. The number of fused-ring (bicyclic) bond motifs is 1. The molecule has 0 bridgehead atoms. The van der Waals surface area contributed by atoms with Crippen molar-refractivity contribution >= 4 is 28.8 Å². The summed E-state index contributed by atoms with van der Waals surface area (Å²) in [5, 5.41) is 0.189. The monoisotopic (exact) mass is 279 g/mol. The normalized spacial score (nSPS) is 12.5. The maximum absolute atomic E-state index is 11.3. The summed E-state index contributed by atoms with van der Waals surface area (Å²) in [5.41, 5.74) is 1.67. The van der Waals surface area contributed by atoms with Crippen LogP contribution in [-0.4, -0.2) is 22.8 Å². The predicted octanol–water partition coefficient (Wildman–Crippen LogP) is 3.40. The first-order valence-electron chi connectivity index (χ1n) is 6.30. The molecule has 102 valence electrons. The van der Waals surface area contributed by atoms with E-state index in [2.05, 4.69) is 4.98 Å². The molecule has 5 heteroatoms. The third-order valence-electron chi connectivity index (χ3n) is 2.59. The Kier molecular flexibility index (Phi) is 4.85. The highest BCUT2D eigenvalue weighted by Crippen LogP contribution is 2.23. The molecule has 0 fully saturated rings. The topological polar surface area (TPSA) is 52.3 Å². The lowest BCUT2D eigenvalue weighted by atomic mass is 10.3. The molecular weight excluding hydrogens is 262 g/mol. The second-order valence-electron chi connectivity index (χ2n) is 4.21. The Labute approximate surface area is 116 Å². The number of carbonyl (C=O) groups excluding carboxylic acids is 1. The number of hydrogen-bond acceptors (Lipinski definition) is 5. The van der Waals surface area contributed by atoms with E-state index in [0.29, 0.717) is 24.7 Å². The van der Waals surface area contributed by atoms with Gasteiger partial charge in [-0.05, 0) is 19.1 Å². The zero-order valence-electron chi connectivity index (χ0n) is 11.1. The van der Waals surface area contributed by atoms with Gasteiger partial charge in [0, 0.05) is 5.25 Å². The molecule has 1 heterocycles. The number of esters is 1. The molecule has 0 radical (unpaired) electrons. The maximum atomic E-state index is 11.3. The molecule has 1 unspecified atom stereocenters. The highest BCUT2D eigenvalue weighted by Gasteiger charge is 2.12. The first-order valence-corrected chi connectivity index (χ1v) is 7.35. The van der Waals surface area contributed by atoms with Crippen LogP contribution < -0.4 is 0 Å². The van der Waals surface area contributed by atoms with Crippen LogP contribution in [-0.2, 0) is 15.3 Å². The number of thioether (sulfide) groups is 1. The fraction of sp³-hybridized carbons (Fsp3) is 0.429. The van der Waals surface area contributed by atoms with Crippen molar-refractivity contribution in [3.8, 4) is 0 Å². The van der Waals surface area contributed by atoms with Crippen LogP contribution in [0.1, 0.15) is 26.2 Å². The van der Waals surface area contributed by atoms with Gasteiger partial charge in [-0.3, -0.25) is 4.79 Å². The van der Waals surface area contributed by atoms with Crippen molar-refractivity contribution in [2.75, 3.05) is 6.61 Å². The van der Waals surface area contributed by atoms with E-state index in [4.69, 9.17) is 9.15 Å². The number of hydrogen-bond donors (Lipinski definition) is 0. The van der Waals surface area contributed by atoms with Gasteiger partial charge < -0.3 is 9.15 Å². The number of nitrogens with zero attached hydrogens (tertiary/aromatic N) is 1. The van der Waals surface area contributed by atoms with E-state index < -0.39 is 0 Å². The number of rotatable bonds is 6. The highest BCUT2D eigenvalue weighted by atomic mass is 32.2. The Morgan fingerprint density at radius 3 is 3.00 bits per heavy atom. The molecule has 0 saturated heterocycles. The van der Waals surface area contributed by atoms with Gasteiger partial charge >= 0.3 is 5.97 Å². The Hall–Kier alpha value is -1.49. The van der Waals surface area contributed by atoms with E-state index in [1.807, 2.05) is 38.1 Å². The largest absolute Gasteiger partial charge is 0.466 e. The van der Waals surface area contributed by atoms with Gasteiger partial charge in [0.25, 0.3) is 0 Å². The molecular formula is C14H17NO3S. The van der Waals surface area contributed by atoms with Gasteiger partial charge in [0.15, 0.2) is 5.58 Å². The SMILES string of the molecule is CCOC(=O)CC(C)SCc1nc2ccccc2o1. The molecule has 1 aromatic heterocycles. The molecule has 0 aliphatic rings. The molecule has 0 aliphatic carbocycles. The Bertz CT molecular complexity index is 519. The van der Waals surface area contributed by atoms with Crippen molar-refractivity contribution < 1.29 is 13.9 Å². The van der Waals surface area contributed by atoms with Crippen LogP contribution in [0.3, 0.4) is 0 Å². The Morgan fingerprint density at radius 1 is 1.47 bits per heavy atom. The Morgan fingerprint density at radius 2 is 2.26 bits per heavy atom. The zero-order valence-corrected chi connectivity index (χ0v) is 11.9. The standard InChI is InChI=1S/C14H17NO3S/c1-3-17-14(16)8-10(2)19-9-13-15-11-6-4-5-7-12(11)18-13/h4-7,10H,3,8-9H2,1-2H3. The van der Waals surface area contributed by atoms with Gasteiger partial charge in [-0.2, -0.15) is 0 Å². The number of benzene rings is 1. The van der Waals surface area contributed by atoms with E-state index in [-0.39, 0.29) is 11.2 Å². The first kappa shape index (κ1) is 13.9. The molecule has 0 aliphatic heterocycles. The van der Waals surface area contributed by atoms with Gasteiger partial charge in [-0.25, -0.2) is 4.98 Å². The average Bonchev–Trinajstić information content (AvgIpc) is 2.79. The predicted molar refractivity (Wildman–Crippen MR) is 76.0 cm³/mol. The molecule has 1 atom stereocenters. The van der Waals surface area contributed by atoms with Crippen LogP contribution >= 0.6 is 11.8 Å². The summed E-state index contributed by atoms with van der Waals surface area (Å²) in [6.07, 6.45) is 0.415. The number of aromatic nitrogens is 1. The van der Waals surface area contributed by atoms with Crippen LogP contribution in [0.25, 0.3) is 11.1 Å². The van der Waals surface area contributed by atoms with Crippen LogP contribution in [0.15, 0.2) is 28.7 Å². The van der Waals surface area contributed by atoms with Crippen molar-refractivity contribution in [2.45, 2.75) is 31.3 Å². The van der Waals surface area contributed by atoms with Crippen LogP contribution in [0.5, 0.6) is 0 Å². The maximum Gasteiger partial charge on any atom is 0.306 e. The summed E-state index contributed by atoms with van der Waals surface area (Å²) in [4.78, 5) is 15.7. The second-order valence-corrected chi connectivity index (χ2v) is 5.63. The lowest BCUT2D eigenvalue weighted by Gasteiger charge is -2.08. The summed E-state index contributed by atoms with van der Waals surface area (Å²) in [7, 11) is 0. The van der Waals surface area contributed by atoms with E-state index >= 15 is 0 Å². The smallest absolute Gasteiger partial charge is 0.306 e. The lowest BCUT2D eigenvalue weighted by Crippen LogP contribution is -2.10. The van der Waals surface area contributed by atoms with Gasteiger partial charge in [0.2, 0.25) is 5.89 Å². The number of oxazole rings is 1. The van der Waals surface area contributed by atoms with E-state index in [0.717, 1.165) is 11.1 Å². The van der Waals surface area contributed by atoms with Crippen molar-refractivity contribution in [2.24, 2.45) is 0 Å². The molecule has 0 saturated carbocycles. The van der Waals surface area contributed by atoms with Crippen LogP contribution in [0.4, 0.5) is 0 Å². The molecule has 2 aromatic rings. The van der Waals surface area contributed by atoms with E-state index in [1.54, 1.807) is 11.8 Å². The van der Waals surface area contributed by atoms with Gasteiger partial charge in [0.05, 0.1) is 18.8 Å². The zero-order chi connectivity index (χ0) is 13.7. The quantitative estimate of drug-likeness (QED) is 0.758. The second kappa shape index (κ2) is 6.61. The summed E-state index contributed by atoms with van der Waals surface area (Å²) in [6.45, 7) is 4.25. The fourth-order valence-electron chi connectivity index (χ4n) is 1.71. The van der Waals surface area contributed by atoms with E-state index in [9.17, 15) is 4.79 Å². The molecule has 2 rings (SSSR count). The summed E-state index contributed by atoms with van der Waals surface area (Å²) >= 11 is 1.64. The summed E-state index contributed by atoms with van der Waals surface area (Å²) in [6, 6.07) is 7.69. The lowest BCUT2D eigenvalue weighted by molar-refractivity contribution is -0.142. The van der Waals surface area contributed by atoms with Gasteiger partial charge in [-0.15, -0.1) is 11.8 Å². The molecule has 0 spiro atoms. The number of ether oxygens (including phenoxy) is 1. The minimum atomic E-state index is -0.153. The highest BCUT2D eigenvalue weighted by molar-refractivity contribution is 7.99. The van der Waals surface area contributed by atoms with Gasteiger partial charge in [0.1, 0.15) is 5.52 Å². The summed E-state index contributed by atoms with van der Waals surface area (Å²) in [5.74, 6) is 1.21. The molecule has 0 N–H and O–H groups in total. The van der Waals surface area contributed by atoms with Crippen molar-refractivity contribution in [3.63, 3.8) is 0 Å². The Balaban J connectivity index is 1.86. The van der Waals surface area contributed by atoms with Crippen LogP contribution in [0.2, 0.25) is 0 Å². The molecule has 19 heavy (non-hydrogen) atoms. The van der Waals surface area contributed by atoms with E-state index in [1.165, 1.54) is 0 Å². The van der Waals surface area contributed by atoms with Crippen molar-refractivity contribution in [1.82, 2.24) is 4.98 Å². The van der Waals surface area contributed by atoms with Crippen molar-refractivity contribution in [3.05, 3.63) is 30.2 Å². The third-order valence-corrected chi connectivity index (χ3v) is 3.74. The third kappa shape index (κ3) is 3.99. The number of para-hydroxylation sites is 2. The molecule has 0 amide bonds. The molecule has 1 aromatic carbocycles. The molecule has 4 nitrogen and oxygen atoms in total. The minimum Gasteiger partial charge on any atom is -0.466 e. The summed E-state index contributed by atoms with van der Waals surface area (Å²) < 4.78 is 10.5. The minimum absolute atomic E-state index is 0.153. The number of carbonyl (C=O) groups is 1. The van der Waals surface area contributed by atoms with Crippen LogP contribution in [0, 0.1) is 0 Å². The first-order chi connectivity index (χ1) is 9.19.